The Labute approximate surface area is 238 Å². The second-order valence-electron chi connectivity index (χ2n) is 8.54. The maximum atomic E-state index is 15.5. The molecule has 0 radical (unpaired) electrons. The van der Waals surface area contributed by atoms with Gasteiger partial charge in [-0.15, -0.1) is 0 Å². The lowest BCUT2D eigenvalue weighted by Gasteiger charge is -2.31. The first-order chi connectivity index (χ1) is 19.3. The first-order valence-electron chi connectivity index (χ1n) is 11.5. The molecule has 3 aromatic carbocycles. The Morgan fingerprint density at radius 1 is 0.833 bits per heavy atom. The van der Waals surface area contributed by atoms with Gasteiger partial charge in [0.05, 0.1) is 22.5 Å². The number of alkyl halides is 10. The molecule has 42 heavy (non-hydrogen) atoms. The van der Waals surface area contributed by atoms with Crippen LogP contribution in [-0.4, -0.2) is 30.7 Å². The van der Waals surface area contributed by atoms with Gasteiger partial charge in [0.1, 0.15) is 0 Å². The van der Waals surface area contributed by atoms with Crippen LogP contribution in [0.4, 0.5) is 59.7 Å². The van der Waals surface area contributed by atoms with E-state index in [1.807, 2.05) is 0 Å². The molecule has 1 N–H and O–H groups in total. The minimum atomic E-state index is -6.72. The zero-order valence-corrected chi connectivity index (χ0v) is 22.4. The number of nitrogens with zero attached hydrogens (tertiary/aromatic N) is 1. The van der Waals surface area contributed by atoms with Crippen LogP contribution < -0.4 is 10.2 Å². The standard InChI is InChI=1S/C26H16BrF11N2O2/c1-2-40(22(42)13-7-4-3-5-8-13)18-10-6-9-15(19(18)28)21(41)39-20-16(24(30,31)32)11-14(12-17(20)27)23(29,25(33,34)35)26(36,37)38/h3-12H,2H2,1H3,(H,39,41). The highest BCUT2D eigenvalue weighted by Crippen LogP contribution is 2.55. The van der Waals surface area contributed by atoms with Crippen molar-refractivity contribution in [2.24, 2.45) is 0 Å². The van der Waals surface area contributed by atoms with Gasteiger partial charge in [-0.25, -0.2) is 8.78 Å². The van der Waals surface area contributed by atoms with Crippen LogP contribution in [0.1, 0.15) is 38.8 Å². The van der Waals surface area contributed by atoms with E-state index >= 15 is 4.39 Å². The van der Waals surface area contributed by atoms with Gasteiger partial charge in [0, 0.05) is 22.1 Å². The van der Waals surface area contributed by atoms with Crippen molar-refractivity contribution in [3.8, 4) is 0 Å². The predicted molar refractivity (Wildman–Crippen MR) is 132 cm³/mol. The normalized spacial score (nSPS) is 12.7. The number of carbonyl (C=O) groups excluding carboxylic acids is 2. The van der Waals surface area contributed by atoms with Crippen molar-refractivity contribution in [2.45, 2.75) is 31.1 Å². The monoisotopic (exact) mass is 676 g/mol. The lowest BCUT2D eigenvalue weighted by atomic mass is 9.92. The summed E-state index contributed by atoms with van der Waals surface area (Å²) in [5.41, 5.74) is -13.6. The van der Waals surface area contributed by atoms with Crippen LogP contribution in [0.5, 0.6) is 0 Å². The number of anilines is 2. The number of rotatable bonds is 6. The Morgan fingerprint density at radius 2 is 1.40 bits per heavy atom. The van der Waals surface area contributed by atoms with Crippen molar-refractivity contribution in [3.05, 3.63) is 93.2 Å². The number of halogens is 12. The number of amides is 2. The van der Waals surface area contributed by atoms with Gasteiger partial charge < -0.3 is 10.2 Å². The molecule has 4 nitrogen and oxygen atoms in total. The summed E-state index contributed by atoms with van der Waals surface area (Å²) in [6, 6.07) is 9.52. The van der Waals surface area contributed by atoms with Gasteiger partial charge in [-0.2, -0.15) is 39.5 Å². The molecule has 0 bridgehead atoms. The van der Waals surface area contributed by atoms with Crippen LogP contribution >= 0.6 is 15.9 Å². The van der Waals surface area contributed by atoms with E-state index in [1.165, 1.54) is 31.2 Å². The predicted octanol–water partition coefficient (Wildman–Crippen LogP) is 8.82. The Hall–Kier alpha value is -3.69. The summed E-state index contributed by atoms with van der Waals surface area (Å²) in [5.74, 6) is -3.69. The van der Waals surface area contributed by atoms with E-state index in [9.17, 15) is 53.5 Å². The van der Waals surface area contributed by atoms with Crippen LogP contribution in [0.25, 0.3) is 0 Å². The fraction of sp³-hybridized carbons (Fsp3) is 0.231. The molecule has 2 amide bonds. The van der Waals surface area contributed by atoms with Crippen molar-refractivity contribution in [2.75, 3.05) is 16.8 Å². The van der Waals surface area contributed by atoms with E-state index in [0.29, 0.717) is 0 Å². The van der Waals surface area contributed by atoms with E-state index < -0.39 is 80.4 Å². The number of nitrogens with one attached hydrogen (secondary N) is 1. The Kier molecular flexibility index (Phi) is 9.01. The largest absolute Gasteiger partial charge is 0.435 e. The second-order valence-corrected chi connectivity index (χ2v) is 9.39. The van der Waals surface area contributed by atoms with Gasteiger partial charge in [-0.1, -0.05) is 24.3 Å². The first-order valence-corrected chi connectivity index (χ1v) is 12.2. The van der Waals surface area contributed by atoms with Crippen molar-refractivity contribution < 1.29 is 57.9 Å². The molecule has 3 aromatic rings. The molecule has 0 heterocycles. The molecular weight excluding hydrogens is 661 g/mol. The summed E-state index contributed by atoms with van der Waals surface area (Å²) >= 11 is 2.37. The SMILES string of the molecule is CCN(C(=O)c1ccccc1)c1cccc(C(=O)Nc2c(Br)cc(C(F)(C(F)(F)F)C(F)(F)F)cc2C(F)(F)F)c1F. The first kappa shape index (κ1) is 32.8. The quantitative estimate of drug-likeness (QED) is 0.265. The summed E-state index contributed by atoms with van der Waals surface area (Å²) in [5, 5.41) is 1.61. The number of benzene rings is 3. The van der Waals surface area contributed by atoms with Crippen LogP contribution in [0.3, 0.4) is 0 Å². The summed E-state index contributed by atoms with van der Waals surface area (Å²) in [7, 11) is 0. The smallest absolute Gasteiger partial charge is 0.320 e. The van der Waals surface area contributed by atoms with Gasteiger partial charge in [-0.05, 0) is 59.3 Å². The zero-order valence-electron chi connectivity index (χ0n) is 20.8. The fourth-order valence-corrected chi connectivity index (χ4v) is 4.45. The Bertz CT molecular complexity index is 1470. The molecule has 0 saturated heterocycles. The van der Waals surface area contributed by atoms with Gasteiger partial charge in [0.25, 0.3) is 11.8 Å². The molecule has 0 spiro atoms. The topological polar surface area (TPSA) is 49.4 Å². The molecule has 0 aliphatic rings. The zero-order chi connectivity index (χ0) is 31.8. The molecule has 0 aromatic heterocycles. The number of carbonyl (C=O) groups is 2. The highest BCUT2D eigenvalue weighted by molar-refractivity contribution is 9.10. The highest BCUT2D eigenvalue weighted by Gasteiger charge is 2.73. The lowest BCUT2D eigenvalue weighted by Crippen LogP contribution is -2.50. The molecule has 0 atom stereocenters. The Morgan fingerprint density at radius 3 is 1.90 bits per heavy atom. The van der Waals surface area contributed by atoms with Gasteiger partial charge >= 0.3 is 24.2 Å². The maximum Gasteiger partial charge on any atom is 0.435 e. The molecule has 0 fully saturated rings. The molecule has 0 aliphatic heterocycles. The van der Waals surface area contributed by atoms with Crippen LogP contribution in [0, 0.1) is 5.82 Å². The van der Waals surface area contributed by atoms with Crippen LogP contribution in [-0.2, 0) is 11.8 Å². The van der Waals surface area contributed by atoms with Crippen molar-refractivity contribution in [1.29, 1.82) is 0 Å². The maximum absolute atomic E-state index is 15.5. The van der Waals surface area contributed by atoms with Crippen molar-refractivity contribution in [1.82, 2.24) is 0 Å². The molecular formula is C26H16BrF11N2O2. The van der Waals surface area contributed by atoms with E-state index in [1.54, 1.807) is 11.4 Å². The van der Waals surface area contributed by atoms with Gasteiger partial charge in [-0.3, -0.25) is 9.59 Å². The molecule has 0 saturated carbocycles. The number of hydrogen-bond donors (Lipinski definition) is 1. The van der Waals surface area contributed by atoms with E-state index in [2.05, 4.69) is 15.9 Å². The van der Waals surface area contributed by atoms with E-state index in [4.69, 9.17) is 0 Å². The molecule has 3 rings (SSSR count). The van der Waals surface area contributed by atoms with Gasteiger partial charge in [0.2, 0.25) is 0 Å². The summed E-state index contributed by atoms with van der Waals surface area (Å²) < 4.78 is 149. The van der Waals surface area contributed by atoms with Crippen molar-refractivity contribution >= 4 is 39.1 Å². The third-order valence-electron chi connectivity index (χ3n) is 5.91. The van der Waals surface area contributed by atoms with E-state index in [0.717, 1.165) is 23.1 Å². The Balaban J connectivity index is 2.10. The third kappa shape index (κ3) is 6.08. The lowest BCUT2D eigenvalue weighted by molar-refractivity contribution is -0.348. The molecule has 0 aliphatic carbocycles. The van der Waals surface area contributed by atoms with Crippen LogP contribution in [0.2, 0.25) is 0 Å². The highest BCUT2D eigenvalue weighted by atomic mass is 79.9. The average molecular weight is 677 g/mol. The summed E-state index contributed by atoms with van der Waals surface area (Å²) in [6.45, 7) is 1.35. The van der Waals surface area contributed by atoms with Crippen LogP contribution in [0.15, 0.2) is 65.1 Å². The van der Waals surface area contributed by atoms with E-state index in [-0.39, 0.29) is 18.2 Å². The summed E-state index contributed by atoms with van der Waals surface area (Å²) in [4.78, 5) is 26.7. The third-order valence-corrected chi connectivity index (χ3v) is 6.53. The van der Waals surface area contributed by atoms with Gasteiger partial charge in [0.15, 0.2) is 5.82 Å². The fourth-order valence-electron chi connectivity index (χ4n) is 3.89. The molecule has 0 unspecified atom stereocenters. The molecule has 16 heteroatoms. The molecule has 226 valence electrons. The average Bonchev–Trinajstić information content (AvgIpc) is 2.88. The number of hydrogen-bond acceptors (Lipinski definition) is 2. The minimum Gasteiger partial charge on any atom is -0.320 e. The second kappa shape index (κ2) is 11.5. The van der Waals surface area contributed by atoms with Crippen molar-refractivity contribution in [3.63, 3.8) is 0 Å². The summed E-state index contributed by atoms with van der Waals surface area (Å²) in [6.07, 6.45) is -19.2. The minimum absolute atomic E-state index is 0.121.